The molecule has 5 aromatic carbocycles. The molecule has 0 radical (unpaired) electrons. The van der Waals surface area contributed by atoms with Crippen LogP contribution in [0, 0.1) is 0 Å². The quantitative estimate of drug-likeness (QED) is 0.0176. The highest BCUT2D eigenvalue weighted by Gasteiger charge is 2.43. The number of nitrogens with two attached hydrogens (primary N) is 2. The summed E-state index contributed by atoms with van der Waals surface area (Å²) in [6.45, 7) is -2.97. The Balaban J connectivity index is 1.21. The summed E-state index contributed by atoms with van der Waals surface area (Å²) in [5.41, 5.74) is 13.2. The molecule has 12 nitrogen and oxygen atoms in total. The molecule has 0 aliphatic heterocycles. The molecule has 0 aliphatic rings. The first-order valence-electron chi connectivity index (χ1n) is 18.4. The first-order valence-corrected chi connectivity index (χ1v) is 18.4. The third-order valence-electron chi connectivity index (χ3n) is 8.80. The van der Waals surface area contributed by atoms with Gasteiger partial charge in [-0.1, -0.05) is 42.5 Å². The van der Waals surface area contributed by atoms with Crippen LogP contribution in [0.5, 0.6) is 23.0 Å². The Labute approximate surface area is 354 Å². The van der Waals surface area contributed by atoms with Crippen LogP contribution in [0.2, 0.25) is 0 Å². The van der Waals surface area contributed by atoms with E-state index in [9.17, 15) is 55.7 Å². The number of rotatable bonds is 17. The molecule has 0 saturated heterocycles. The van der Waals surface area contributed by atoms with Gasteiger partial charge in [0.2, 0.25) is 11.6 Å². The minimum absolute atomic E-state index is 0.0255. The second-order valence-corrected chi connectivity index (χ2v) is 13.6. The fourth-order valence-corrected chi connectivity index (χ4v) is 5.64. The zero-order valence-corrected chi connectivity index (χ0v) is 32.6. The van der Waals surface area contributed by atoms with Crippen LogP contribution in [0.1, 0.15) is 49.7 Å². The summed E-state index contributed by atoms with van der Waals surface area (Å²) in [6, 6.07) is 25.2. The number of halogens is 6. The second-order valence-electron chi connectivity index (χ2n) is 13.6. The molecule has 0 spiro atoms. The van der Waals surface area contributed by atoms with Crippen LogP contribution in [0.15, 0.2) is 127 Å². The summed E-state index contributed by atoms with van der Waals surface area (Å²) in [7, 11) is 0. The Morgan fingerprint density at radius 3 is 1.40 bits per heavy atom. The third-order valence-corrected chi connectivity index (χ3v) is 8.80. The average molecular weight is 879 g/mol. The van der Waals surface area contributed by atoms with E-state index < -0.39 is 67.2 Å². The normalized spacial score (nSPS) is 12.5. The molecule has 0 aliphatic carbocycles. The largest absolute Gasteiger partial charge is 0.484 e. The zero-order valence-electron chi connectivity index (χ0n) is 32.6. The predicted molar refractivity (Wildman–Crippen MR) is 217 cm³/mol. The van der Waals surface area contributed by atoms with E-state index >= 15 is 0 Å². The van der Waals surface area contributed by atoms with Crippen molar-refractivity contribution in [3.63, 3.8) is 0 Å². The van der Waals surface area contributed by atoms with Crippen LogP contribution in [-0.2, 0) is 9.59 Å². The van der Waals surface area contributed by atoms with Crippen LogP contribution in [-0.4, -0.2) is 65.1 Å². The predicted octanol–water partition coefficient (Wildman–Crippen LogP) is 7.89. The van der Waals surface area contributed by atoms with Gasteiger partial charge in [-0.05, 0) is 114 Å². The molecule has 5 aromatic rings. The van der Waals surface area contributed by atoms with E-state index in [0.717, 1.165) is 12.2 Å². The number of hydrogen-bond acceptors (Lipinski definition) is 12. The lowest BCUT2D eigenvalue weighted by molar-refractivity contribution is -0.187. The summed E-state index contributed by atoms with van der Waals surface area (Å²) >= 11 is 0. The number of anilines is 2. The van der Waals surface area contributed by atoms with E-state index in [2.05, 4.69) is 9.47 Å². The second kappa shape index (κ2) is 20.0. The van der Waals surface area contributed by atoms with Crippen molar-refractivity contribution in [2.24, 2.45) is 0 Å². The van der Waals surface area contributed by atoms with Crippen LogP contribution in [0.4, 0.5) is 37.7 Å². The monoisotopic (exact) mass is 878 g/mol. The number of alkyl halides is 6. The summed E-state index contributed by atoms with van der Waals surface area (Å²) in [6.07, 6.45) is -5.06. The highest BCUT2D eigenvalue weighted by Crippen LogP contribution is 2.36. The van der Waals surface area contributed by atoms with E-state index in [-0.39, 0.29) is 51.1 Å². The Morgan fingerprint density at radius 2 is 0.984 bits per heavy atom. The van der Waals surface area contributed by atoms with E-state index in [1.54, 1.807) is 0 Å². The molecule has 328 valence electrons. The lowest BCUT2D eigenvalue weighted by Crippen LogP contribution is -2.44. The highest BCUT2D eigenvalue weighted by molar-refractivity contribution is 6.01. The average Bonchev–Trinajstić information content (AvgIpc) is 3.23. The standard InChI is InChI=1S/C45H36F6N2O10/c46-43(47,48)25-60-33-13-17-35(18-14-33)62-41(56)29-7-1-27(2-8-29)5-12-32(54)24-38(37-21-11-31(52)23-39(37)53)45(58,59)40(55)22-6-28-3-9-30(10-4-28)42(57)63-36-19-15-34(16-20-36)61-26-44(49,50)51/h1-23,38,58-59H,24-26,52-53H2/b12-5+,22-6+. The minimum Gasteiger partial charge on any atom is -0.484 e. The molecule has 63 heavy (non-hydrogen) atoms. The molecule has 6 N–H and O–H groups in total. The highest BCUT2D eigenvalue weighted by atomic mass is 19.4. The molecular weight excluding hydrogens is 842 g/mol. The molecule has 1 atom stereocenters. The van der Waals surface area contributed by atoms with Crippen molar-refractivity contribution >= 4 is 47.0 Å². The van der Waals surface area contributed by atoms with Crippen molar-refractivity contribution in [3.8, 4) is 23.0 Å². The SMILES string of the molecule is Nc1ccc(C(CC(=O)/C=C/c2ccc(C(=O)Oc3ccc(OCC(F)(F)F)cc3)cc2)C(O)(O)C(=O)/C=C/c2ccc(C(=O)Oc3ccc(OCC(F)(F)F)cc3)cc2)c(N)c1. The van der Waals surface area contributed by atoms with Gasteiger partial charge < -0.3 is 40.6 Å². The molecule has 0 heterocycles. The Morgan fingerprint density at radius 1 is 0.571 bits per heavy atom. The number of esters is 2. The van der Waals surface area contributed by atoms with Gasteiger partial charge in [-0.15, -0.1) is 0 Å². The lowest BCUT2D eigenvalue weighted by atomic mass is 9.82. The van der Waals surface area contributed by atoms with Crippen molar-refractivity contribution in [2.75, 3.05) is 24.7 Å². The summed E-state index contributed by atoms with van der Waals surface area (Å²) in [4.78, 5) is 51.9. The molecule has 0 amide bonds. The molecule has 1 unspecified atom stereocenters. The number of aliphatic hydroxyl groups is 2. The molecule has 0 aromatic heterocycles. The maximum atomic E-state index is 13.4. The molecular formula is C45H36F6N2O10. The fraction of sp³-hybridized carbons (Fsp3) is 0.156. The van der Waals surface area contributed by atoms with Crippen molar-refractivity contribution in [1.29, 1.82) is 0 Å². The topological polar surface area (TPSA) is 198 Å². The Hall–Kier alpha value is -7.44. The summed E-state index contributed by atoms with van der Waals surface area (Å²) in [5, 5.41) is 22.6. The lowest BCUT2D eigenvalue weighted by Gasteiger charge is -2.30. The van der Waals surface area contributed by atoms with Gasteiger partial charge in [-0.3, -0.25) is 9.59 Å². The van der Waals surface area contributed by atoms with Gasteiger partial charge in [0.25, 0.3) is 0 Å². The molecule has 0 bridgehead atoms. The van der Waals surface area contributed by atoms with Crippen LogP contribution < -0.4 is 30.4 Å². The summed E-state index contributed by atoms with van der Waals surface area (Å²) < 4.78 is 94.1. The van der Waals surface area contributed by atoms with Crippen LogP contribution in [0.3, 0.4) is 0 Å². The van der Waals surface area contributed by atoms with Gasteiger partial charge in [0, 0.05) is 17.8 Å². The first kappa shape index (κ1) is 46.6. The van der Waals surface area contributed by atoms with E-state index in [0.29, 0.717) is 11.1 Å². The van der Waals surface area contributed by atoms with Crippen molar-refractivity contribution in [2.45, 2.75) is 30.5 Å². The minimum atomic E-state index is -4.52. The Kier molecular flexibility index (Phi) is 14.8. The van der Waals surface area contributed by atoms with Crippen molar-refractivity contribution in [1.82, 2.24) is 0 Å². The summed E-state index contributed by atoms with van der Waals surface area (Å²) in [5.74, 6) is -8.32. The maximum absolute atomic E-state index is 13.4. The number of ether oxygens (including phenoxy) is 4. The van der Waals surface area contributed by atoms with Gasteiger partial charge in [0.15, 0.2) is 19.0 Å². The van der Waals surface area contributed by atoms with Gasteiger partial charge in [0.1, 0.15) is 23.0 Å². The van der Waals surface area contributed by atoms with Gasteiger partial charge >= 0.3 is 24.3 Å². The van der Waals surface area contributed by atoms with Crippen molar-refractivity contribution < 1.29 is 74.7 Å². The third kappa shape index (κ3) is 14.1. The van der Waals surface area contributed by atoms with Crippen molar-refractivity contribution in [3.05, 3.63) is 155 Å². The molecule has 18 heteroatoms. The van der Waals surface area contributed by atoms with E-state index in [1.165, 1.54) is 127 Å². The van der Waals surface area contributed by atoms with Crippen LogP contribution in [0.25, 0.3) is 12.2 Å². The number of nitrogen functional groups attached to an aromatic ring is 2. The van der Waals surface area contributed by atoms with Gasteiger partial charge in [-0.2, -0.15) is 26.3 Å². The first-order chi connectivity index (χ1) is 29.6. The molecule has 5 rings (SSSR count). The molecule has 0 saturated carbocycles. The number of carbonyl (C=O) groups excluding carboxylic acids is 4. The van der Waals surface area contributed by atoms with Gasteiger partial charge in [0.05, 0.1) is 17.0 Å². The number of ketones is 2. The maximum Gasteiger partial charge on any atom is 0.422 e. The number of benzene rings is 5. The Bertz CT molecular complexity index is 2470. The zero-order chi connectivity index (χ0) is 46.0. The number of hydrogen-bond donors (Lipinski definition) is 4. The molecule has 0 fully saturated rings. The number of allylic oxidation sites excluding steroid dienone is 1. The van der Waals surface area contributed by atoms with E-state index in [1.807, 2.05) is 0 Å². The van der Waals surface area contributed by atoms with Crippen LogP contribution >= 0.6 is 0 Å². The smallest absolute Gasteiger partial charge is 0.422 e. The van der Waals surface area contributed by atoms with Gasteiger partial charge in [-0.25, -0.2) is 9.59 Å². The fourth-order valence-electron chi connectivity index (χ4n) is 5.64. The number of carbonyl (C=O) groups is 4. The van der Waals surface area contributed by atoms with E-state index in [4.69, 9.17) is 20.9 Å².